The molecule has 9 heteroatoms. The fraction of sp³-hybridized carbons (Fsp3) is 0.522. The fourth-order valence-electron chi connectivity index (χ4n) is 4.49. The minimum Gasteiger partial charge on any atom is -0.381 e. The molecule has 0 N–H and O–H groups in total. The third-order valence-electron chi connectivity index (χ3n) is 6.44. The number of rotatable bonds is 6. The standard InChI is InChI=1S/C23H28N6O3/c30-22-13-20(18-1-7-24-8-2-18)25-16-29(22)14-17-3-9-28(10-4-17)15-21-26-23(32-27-21)19-5-11-31-12-6-19/h1-2,7-8,13,16-17,19H,3-6,9-12,14-15H2. The highest BCUT2D eigenvalue weighted by atomic mass is 16.5. The van der Waals surface area contributed by atoms with Gasteiger partial charge in [-0.25, -0.2) is 4.98 Å². The third-order valence-corrected chi connectivity index (χ3v) is 6.44. The molecular weight excluding hydrogens is 408 g/mol. The molecule has 2 aliphatic rings. The van der Waals surface area contributed by atoms with E-state index in [2.05, 4.69) is 25.0 Å². The van der Waals surface area contributed by atoms with Crippen LogP contribution in [0.4, 0.5) is 0 Å². The molecule has 0 saturated carbocycles. The average molecular weight is 437 g/mol. The van der Waals surface area contributed by atoms with Crippen molar-refractivity contribution in [1.82, 2.24) is 29.6 Å². The molecule has 0 unspecified atom stereocenters. The lowest BCUT2D eigenvalue weighted by Gasteiger charge is -2.31. The van der Waals surface area contributed by atoms with Crippen LogP contribution in [-0.4, -0.2) is 55.9 Å². The van der Waals surface area contributed by atoms with Crippen LogP contribution in [0.1, 0.15) is 43.3 Å². The number of aromatic nitrogens is 5. The highest BCUT2D eigenvalue weighted by Gasteiger charge is 2.24. The lowest BCUT2D eigenvalue weighted by atomic mass is 9.96. The summed E-state index contributed by atoms with van der Waals surface area (Å²) in [4.78, 5) is 28.1. The SMILES string of the molecule is O=c1cc(-c2ccncc2)ncn1CC1CCN(Cc2noc(C3CCOCC3)n2)CC1. The van der Waals surface area contributed by atoms with Crippen molar-refractivity contribution in [2.45, 2.75) is 44.7 Å². The molecule has 5 rings (SSSR count). The summed E-state index contributed by atoms with van der Waals surface area (Å²) in [6.45, 7) is 4.86. The molecule has 0 atom stereocenters. The predicted molar refractivity (Wildman–Crippen MR) is 117 cm³/mol. The smallest absolute Gasteiger partial charge is 0.253 e. The minimum absolute atomic E-state index is 0.0123. The fourth-order valence-corrected chi connectivity index (χ4v) is 4.49. The molecular formula is C23H28N6O3. The summed E-state index contributed by atoms with van der Waals surface area (Å²) in [5, 5.41) is 4.19. The topological polar surface area (TPSA) is 99.2 Å². The van der Waals surface area contributed by atoms with Crippen LogP contribution in [0.3, 0.4) is 0 Å². The first kappa shape index (κ1) is 21.0. The summed E-state index contributed by atoms with van der Waals surface area (Å²) < 4.78 is 12.6. The first-order valence-electron chi connectivity index (χ1n) is 11.3. The quantitative estimate of drug-likeness (QED) is 0.581. The van der Waals surface area contributed by atoms with Gasteiger partial charge in [-0.3, -0.25) is 19.2 Å². The maximum absolute atomic E-state index is 12.6. The molecule has 32 heavy (non-hydrogen) atoms. The van der Waals surface area contributed by atoms with E-state index in [1.807, 2.05) is 12.1 Å². The summed E-state index contributed by atoms with van der Waals surface area (Å²) in [6, 6.07) is 5.33. The van der Waals surface area contributed by atoms with Gasteiger partial charge >= 0.3 is 0 Å². The second-order valence-electron chi connectivity index (χ2n) is 8.66. The van der Waals surface area contributed by atoms with Crippen LogP contribution in [0.2, 0.25) is 0 Å². The van der Waals surface area contributed by atoms with E-state index >= 15 is 0 Å². The van der Waals surface area contributed by atoms with Crippen LogP contribution in [-0.2, 0) is 17.8 Å². The molecule has 3 aromatic heterocycles. The van der Waals surface area contributed by atoms with Crippen molar-refractivity contribution in [2.75, 3.05) is 26.3 Å². The first-order chi connectivity index (χ1) is 15.7. The Morgan fingerprint density at radius 1 is 1.06 bits per heavy atom. The zero-order valence-electron chi connectivity index (χ0n) is 18.1. The van der Waals surface area contributed by atoms with Gasteiger partial charge in [0, 0.05) is 49.7 Å². The van der Waals surface area contributed by atoms with Crippen molar-refractivity contribution < 1.29 is 9.26 Å². The van der Waals surface area contributed by atoms with Crippen LogP contribution in [0.25, 0.3) is 11.3 Å². The molecule has 2 saturated heterocycles. The molecule has 2 fully saturated rings. The van der Waals surface area contributed by atoms with E-state index in [9.17, 15) is 4.79 Å². The lowest BCUT2D eigenvalue weighted by Crippen LogP contribution is -2.36. The Kier molecular flexibility index (Phi) is 6.36. The summed E-state index contributed by atoms with van der Waals surface area (Å²) >= 11 is 0. The molecule has 0 spiro atoms. The van der Waals surface area contributed by atoms with Crippen LogP contribution in [0, 0.1) is 5.92 Å². The van der Waals surface area contributed by atoms with Crippen molar-refractivity contribution in [2.24, 2.45) is 5.92 Å². The summed E-state index contributed by atoms with van der Waals surface area (Å²) in [5.74, 6) is 2.30. The van der Waals surface area contributed by atoms with E-state index < -0.39 is 0 Å². The second-order valence-corrected chi connectivity index (χ2v) is 8.66. The van der Waals surface area contributed by atoms with Gasteiger partial charge in [0.25, 0.3) is 5.56 Å². The number of hydrogen-bond acceptors (Lipinski definition) is 8. The zero-order chi connectivity index (χ0) is 21.8. The Morgan fingerprint density at radius 3 is 2.59 bits per heavy atom. The number of hydrogen-bond donors (Lipinski definition) is 0. The first-order valence-corrected chi connectivity index (χ1v) is 11.3. The van der Waals surface area contributed by atoms with Gasteiger partial charge in [-0.15, -0.1) is 0 Å². The molecule has 168 valence electrons. The van der Waals surface area contributed by atoms with Gasteiger partial charge in [0.1, 0.15) is 0 Å². The van der Waals surface area contributed by atoms with E-state index in [1.165, 1.54) is 0 Å². The summed E-state index contributed by atoms with van der Waals surface area (Å²) in [5.41, 5.74) is 1.57. The Labute approximate surface area is 186 Å². The van der Waals surface area contributed by atoms with Crippen molar-refractivity contribution in [3.63, 3.8) is 0 Å². The van der Waals surface area contributed by atoms with Crippen LogP contribution in [0.15, 0.2) is 46.2 Å². The number of nitrogens with zero attached hydrogens (tertiary/aromatic N) is 6. The number of likely N-dealkylation sites (tertiary alicyclic amines) is 1. The van der Waals surface area contributed by atoms with Gasteiger partial charge in [-0.05, 0) is 56.8 Å². The van der Waals surface area contributed by atoms with E-state index in [-0.39, 0.29) is 5.56 Å². The maximum atomic E-state index is 12.6. The van der Waals surface area contributed by atoms with E-state index in [1.54, 1.807) is 29.4 Å². The van der Waals surface area contributed by atoms with Crippen LogP contribution in [0.5, 0.6) is 0 Å². The largest absolute Gasteiger partial charge is 0.381 e. The monoisotopic (exact) mass is 436 g/mol. The van der Waals surface area contributed by atoms with Crippen molar-refractivity contribution in [3.05, 3.63) is 59.0 Å². The molecule has 5 heterocycles. The Bertz CT molecular complexity index is 1070. The molecule has 0 radical (unpaired) electrons. The Balaban J connectivity index is 1.13. The summed E-state index contributed by atoms with van der Waals surface area (Å²) in [7, 11) is 0. The van der Waals surface area contributed by atoms with Gasteiger partial charge in [0.2, 0.25) is 5.89 Å². The summed E-state index contributed by atoms with van der Waals surface area (Å²) in [6.07, 6.45) is 9.04. The number of piperidine rings is 1. The molecule has 0 bridgehead atoms. The lowest BCUT2D eigenvalue weighted by molar-refractivity contribution is 0.0778. The van der Waals surface area contributed by atoms with Gasteiger partial charge < -0.3 is 9.26 Å². The number of pyridine rings is 1. The van der Waals surface area contributed by atoms with Crippen molar-refractivity contribution >= 4 is 0 Å². The second kappa shape index (κ2) is 9.70. The highest BCUT2D eigenvalue weighted by Crippen LogP contribution is 2.26. The van der Waals surface area contributed by atoms with Gasteiger partial charge in [0.05, 0.1) is 18.6 Å². The molecule has 0 aliphatic carbocycles. The van der Waals surface area contributed by atoms with Crippen molar-refractivity contribution in [3.8, 4) is 11.3 Å². The Morgan fingerprint density at radius 2 is 1.84 bits per heavy atom. The molecule has 3 aromatic rings. The normalized spacial score (nSPS) is 18.8. The highest BCUT2D eigenvalue weighted by molar-refractivity contribution is 5.57. The number of ether oxygens (including phenoxy) is 1. The maximum Gasteiger partial charge on any atom is 0.253 e. The van der Waals surface area contributed by atoms with E-state index in [0.717, 1.165) is 69.3 Å². The van der Waals surface area contributed by atoms with Crippen LogP contribution >= 0.6 is 0 Å². The predicted octanol–water partition coefficient (Wildman–Crippen LogP) is 2.49. The molecule has 2 aliphatic heterocycles. The van der Waals surface area contributed by atoms with Gasteiger partial charge in [-0.2, -0.15) is 4.98 Å². The van der Waals surface area contributed by atoms with Crippen LogP contribution < -0.4 is 5.56 Å². The van der Waals surface area contributed by atoms with Crippen molar-refractivity contribution in [1.29, 1.82) is 0 Å². The Hall–Kier alpha value is -2.91. The minimum atomic E-state index is -0.0123. The molecule has 0 aromatic carbocycles. The molecule has 0 amide bonds. The average Bonchev–Trinajstić information content (AvgIpc) is 3.31. The van der Waals surface area contributed by atoms with E-state index in [0.29, 0.717) is 30.6 Å². The zero-order valence-corrected chi connectivity index (χ0v) is 18.1. The van der Waals surface area contributed by atoms with Gasteiger partial charge in [0.15, 0.2) is 5.82 Å². The third kappa shape index (κ3) is 4.94. The van der Waals surface area contributed by atoms with Gasteiger partial charge in [-0.1, -0.05) is 5.16 Å². The van der Waals surface area contributed by atoms with E-state index in [4.69, 9.17) is 9.26 Å². The molecule has 9 nitrogen and oxygen atoms in total.